The molecule has 0 amide bonds. The molecule has 4 heteroatoms. The van der Waals surface area contributed by atoms with Gasteiger partial charge in [-0.1, -0.05) is 201 Å². The number of rotatable bonds is 11. The molecule has 0 radical (unpaired) electrons. The summed E-state index contributed by atoms with van der Waals surface area (Å²) in [5.41, 5.74) is 27.3. The van der Waals surface area contributed by atoms with Crippen LogP contribution in [0.15, 0.2) is 235 Å². The number of nitrogens with two attached hydrogens (primary N) is 1. The quantitative estimate of drug-likeness (QED) is 0.0589. The van der Waals surface area contributed by atoms with Gasteiger partial charge in [-0.2, -0.15) is 0 Å². The minimum absolute atomic E-state index is 0.0916. The molecule has 4 nitrogen and oxygen atoms in total. The highest BCUT2D eigenvalue weighted by atomic mass is 15.0. The predicted molar refractivity (Wildman–Crippen MR) is 294 cm³/mol. The van der Waals surface area contributed by atoms with Crippen molar-refractivity contribution in [1.29, 1.82) is 0 Å². The number of nitrogens with zero attached hydrogens (tertiary/aromatic N) is 2. The Morgan fingerprint density at radius 1 is 0.657 bits per heavy atom. The van der Waals surface area contributed by atoms with Gasteiger partial charge in [0.05, 0.1) is 29.2 Å². The summed E-state index contributed by atoms with van der Waals surface area (Å²) in [6.07, 6.45) is 35.3. The van der Waals surface area contributed by atoms with E-state index in [1.54, 1.807) is 0 Å². The molecule has 340 valence electrons. The maximum atomic E-state index is 6.99. The Hall–Kier alpha value is -7.92. The molecule has 0 saturated heterocycles. The molecule has 6 aromatic rings. The van der Waals surface area contributed by atoms with Crippen molar-refractivity contribution in [2.45, 2.75) is 44.2 Å². The zero-order valence-electron chi connectivity index (χ0n) is 39.4. The van der Waals surface area contributed by atoms with Crippen molar-refractivity contribution >= 4 is 34.3 Å². The number of aliphatic imine (C=N–C) groups is 1. The first kappa shape index (κ1) is 43.4. The van der Waals surface area contributed by atoms with Crippen LogP contribution in [0.25, 0.3) is 61.9 Å². The molecule has 5 aromatic carbocycles. The van der Waals surface area contributed by atoms with Crippen LogP contribution in [0.4, 0.5) is 0 Å². The average molecular weight is 905 g/mol. The van der Waals surface area contributed by atoms with Crippen LogP contribution < -0.4 is 11.1 Å². The molecule has 3 N–H and O–H groups in total. The Bertz CT molecular complexity index is 3330. The van der Waals surface area contributed by atoms with Crippen molar-refractivity contribution < 1.29 is 0 Å². The molecule has 0 spiro atoms. The Morgan fingerprint density at radius 2 is 1.36 bits per heavy atom. The number of benzene rings is 5. The highest BCUT2D eigenvalue weighted by Gasteiger charge is 2.41. The zero-order chi connectivity index (χ0) is 47.0. The molecule has 2 heterocycles. The number of hydrogen-bond donors (Lipinski definition) is 2. The fourth-order valence-electron chi connectivity index (χ4n) is 10.8. The highest BCUT2D eigenvalue weighted by molar-refractivity contribution is 6.05. The summed E-state index contributed by atoms with van der Waals surface area (Å²) in [7, 11) is 0. The second-order valence-corrected chi connectivity index (χ2v) is 19.4. The van der Waals surface area contributed by atoms with Gasteiger partial charge in [-0.05, 0) is 135 Å². The molecule has 12 rings (SSSR count). The maximum Gasteiger partial charge on any atom is 0.131 e. The summed E-state index contributed by atoms with van der Waals surface area (Å²) < 4.78 is 0. The third-order valence-electron chi connectivity index (χ3n) is 14.8. The van der Waals surface area contributed by atoms with Gasteiger partial charge < -0.3 is 5.73 Å². The van der Waals surface area contributed by atoms with Crippen molar-refractivity contribution in [2.75, 3.05) is 0 Å². The Labute approximate surface area is 412 Å². The Balaban J connectivity index is 0.824. The van der Waals surface area contributed by atoms with Crippen molar-refractivity contribution in [3.8, 4) is 33.4 Å². The topological polar surface area (TPSA) is 63.3 Å². The summed E-state index contributed by atoms with van der Waals surface area (Å²) in [6, 6.07) is 50.0. The van der Waals surface area contributed by atoms with Crippen LogP contribution in [0.2, 0.25) is 0 Å². The number of amidine groups is 1. The summed E-state index contributed by atoms with van der Waals surface area (Å²) in [6.45, 7) is 4.47. The molecule has 5 atom stereocenters. The molecule has 1 aromatic heterocycles. The normalized spacial score (nSPS) is 22.2. The minimum atomic E-state index is 0.0916. The van der Waals surface area contributed by atoms with Gasteiger partial charge in [0.2, 0.25) is 0 Å². The van der Waals surface area contributed by atoms with E-state index >= 15 is 0 Å². The number of hydrogen-bond acceptors (Lipinski definition) is 3. The van der Waals surface area contributed by atoms with Gasteiger partial charge in [-0.25, -0.2) is 4.99 Å². The Kier molecular flexibility index (Phi) is 11.7. The fourth-order valence-corrected chi connectivity index (χ4v) is 10.8. The third kappa shape index (κ3) is 8.83. The van der Waals surface area contributed by atoms with Gasteiger partial charge in [-0.3, -0.25) is 10.3 Å². The monoisotopic (exact) mass is 904 g/mol. The molecule has 1 aliphatic heterocycles. The lowest BCUT2D eigenvalue weighted by atomic mass is 9.80. The smallest absolute Gasteiger partial charge is 0.131 e. The van der Waals surface area contributed by atoms with Gasteiger partial charge in [-0.15, -0.1) is 0 Å². The third-order valence-corrected chi connectivity index (χ3v) is 14.8. The average Bonchev–Trinajstić information content (AvgIpc) is 4.23. The molecule has 0 bridgehead atoms. The highest BCUT2D eigenvalue weighted by Crippen LogP contribution is 2.53. The lowest BCUT2D eigenvalue weighted by molar-refractivity contribution is 0.425. The summed E-state index contributed by atoms with van der Waals surface area (Å²) >= 11 is 0. The summed E-state index contributed by atoms with van der Waals surface area (Å²) in [5.74, 6) is 1.68. The number of aromatic nitrogens is 1. The van der Waals surface area contributed by atoms with E-state index < -0.39 is 0 Å². The molecule has 1 saturated carbocycles. The van der Waals surface area contributed by atoms with E-state index in [2.05, 4.69) is 206 Å². The number of allylic oxidation sites excluding steroid dienone is 10. The van der Waals surface area contributed by atoms with Crippen LogP contribution in [0.1, 0.15) is 71.8 Å². The number of nitrogens with one attached hydrogen (secondary N) is 1. The first-order valence-electron chi connectivity index (χ1n) is 25.0. The van der Waals surface area contributed by atoms with Crippen LogP contribution in [0, 0.1) is 17.8 Å². The van der Waals surface area contributed by atoms with E-state index in [1.165, 1.54) is 61.2 Å². The second kappa shape index (κ2) is 18.9. The molecule has 6 aliphatic rings. The number of fused-ring (bicyclic) bond motifs is 4. The molecule has 1 fully saturated rings. The van der Waals surface area contributed by atoms with Crippen LogP contribution in [0.3, 0.4) is 0 Å². The van der Waals surface area contributed by atoms with Crippen molar-refractivity contribution in [1.82, 2.24) is 10.3 Å². The molecule has 70 heavy (non-hydrogen) atoms. The fraction of sp³-hybridized carbons (Fsp3) is 0.152. The first-order chi connectivity index (χ1) is 34.5. The van der Waals surface area contributed by atoms with E-state index in [9.17, 15) is 0 Å². The molecule has 5 aliphatic carbocycles. The van der Waals surface area contributed by atoms with E-state index in [1.807, 2.05) is 24.3 Å². The molecular formula is C66H56N4. The summed E-state index contributed by atoms with van der Waals surface area (Å²) in [4.78, 5) is 10.6. The van der Waals surface area contributed by atoms with E-state index in [0.717, 1.165) is 71.5 Å². The van der Waals surface area contributed by atoms with E-state index in [-0.39, 0.29) is 18.0 Å². The Morgan fingerprint density at radius 3 is 2.13 bits per heavy atom. The van der Waals surface area contributed by atoms with Gasteiger partial charge in [0, 0.05) is 22.6 Å². The van der Waals surface area contributed by atoms with E-state index in [0.29, 0.717) is 17.7 Å². The predicted octanol–water partition coefficient (Wildman–Crippen LogP) is 15.4. The van der Waals surface area contributed by atoms with Crippen molar-refractivity contribution in [3.63, 3.8) is 0 Å². The lowest BCUT2D eigenvalue weighted by Crippen LogP contribution is -2.41. The van der Waals surface area contributed by atoms with Gasteiger partial charge in [0.25, 0.3) is 0 Å². The first-order valence-corrected chi connectivity index (χ1v) is 25.0. The van der Waals surface area contributed by atoms with Crippen LogP contribution in [-0.2, 0) is 0 Å². The van der Waals surface area contributed by atoms with Gasteiger partial charge in [0.1, 0.15) is 5.84 Å². The zero-order valence-corrected chi connectivity index (χ0v) is 39.4. The minimum Gasteiger partial charge on any atom is -0.383 e. The summed E-state index contributed by atoms with van der Waals surface area (Å²) in [5, 5.41) is 4.02. The van der Waals surface area contributed by atoms with Gasteiger partial charge >= 0.3 is 0 Å². The largest absolute Gasteiger partial charge is 0.383 e. The van der Waals surface area contributed by atoms with Gasteiger partial charge in [0.15, 0.2) is 0 Å². The van der Waals surface area contributed by atoms with Crippen molar-refractivity contribution in [2.24, 2.45) is 28.5 Å². The van der Waals surface area contributed by atoms with Crippen LogP contribution in [0.5, 0.6) is 0 Å². The maximum absolute atomic E-state index is 6.99. The SMILES string of the molecule is C=C(/C=C(\N=C(N)C1=CC2CC2C(c2cccc(-c3ccc(-c4cc(C5=CCCC=C5)nc5c4C=CC4C=CC(C6=CCCC=C6)NC54)cc3)c2)=C1)c1ccccc1)c1ccc(-c2ccccc2)cc1. The number of pyridine rings is 1. The van der Waals surface area contributed by atoms with Crippen LogP contribution >= 0.6 is 0 Å². The standard InChI is InChI=1S/C66H56N4/c1-43(44-25-27-46(28-26-44)45-15-6-2-7-16-45)37-62(50-19-10-4-11-20-50)70-66(67)56-39-55-40-59(55)58(41-56)54-24-14-23-53(38-54)47-29-31-48(32-30-47)60-42-63(51-21-12-5-13-22-51)69-65-57(60)35-33-52-34-36-61(68-64(52)65)49-17-8-3-9-18-49/h2,4,6-8,10-12,14-39,41-42,52,55,59,61,64,68H,1,3,5,9,13,40H2,(H2,67,70)/b62-37-. The van der Waals surface area contributed by atoms with Crippen molar-refractivity contribution in [3.05, 3.63) is 264 Å². The molecular weight excluding hydrogens is 849 g/mol. The second-order valence-electron chi connectivity index (χ2n) is 19.4. The van der Waals surface area contributed by atoms with E-state index in [4.69, 9.17) is 15.7 Å². The van der Waals surface area contributed by atoms with Crippen LogP contribution in [-0.4, -0.2) is 16.9 Å². The molecule has 5 unspecified atom stereocenters. The lowest BCUT2D eigenvalue weighted by Gasteiger charge is -2.36.